The highest BCUT2D eigenvalue weighted by molar-refractivity contribution is 5.78. The van der Waals surface area contributed by atoms with Crippen molar-refractivity contribution >= 4 is 5.91 Å². The van der Waals surface area contributed by atoms with Gasteiger partial charge < -0.3 is 10.4 Å². The van der Waals surface area contributed by atoms with Crippen LogP contribution in [0, 0.1) is 12.8 Å². The lowest BCUT2D eigenvalue weighted by Crippen LogP contribution is -2.48. The van der Waals surface area contributed by atoms with Gasteiger partial charge in [-0.2, -0.15) is 0 Å². The summed E-state index contributed by atoms with van der Waals surface area (Å²) in [5, 5.41) is 20.0. The number of carbonyl (C=O) groups excluding carboxylic acids is 1. The van der Waals surface area contributed by atoms with E-state index in [0.29, 0.717) is 30.7 Å². The SMILES string of the molecule is Cc1nonc1CC(=O)NC(Cc1ccccn1)C1CC(O)C1. The zero-order chi connectivity index (χ0) is 16.2. The minimum Gasteiger partial charge on any atom is -0.393 e. The third-order valence-electron chi connectivity index (χ3n) is 4.29. The molecule has 1 aliphatic rings. The average Bonchev–Trinajstić information content (AvgIpc) is 2.89. The maximum atomic E-state index is 12.3. The Morgan fingerprint density at radius 1 is 1.43 bits per heavy atom. The molecule has 1 fully saturated rings. The molecule has 3 rings (SSSR count). The first-order valence-corrected chi connectivity index (χ1v) is 7.77. The van der Waals surface area contributed by atoms with E-state index in [1.165, 1.54) is 0 Å². The Hall–Kier alpha value is -2.28. The van der Waals surface area contributed by atoms with E-state index in [-0.39, 0.29) is 30.4 Å². The van der Waals surface area contributed by atoms with E-state index >= 15 is 0 Å². The summed E-state index contributed by atoms with van der Waals surface area (Å²) in [5.41, 5.74) is 2.10. The molecule has 7 nitrogen and oxygen atoms in total. The van der Waals surface area contributed by atoms with Gasteiger partial charge in [0.2, 0.25) is 5.91 Å². The molecule has 0 aromatic carbocycles. The molecule has 2 heterocycles. The number of rotatable bonds is 6. The summed E-state index contributed by atoms with van der Waals surface area (Å²) in [7, 11) is 0. The third kappa shape index (κ3) is 3.92. The van der Waals surface area contributed by atoms with E-state index in [0.717, 1.165) is 5.69 Å². The quantitative estimate of drug-likeness (QED) is 0.818. The van der Waals surface area contributed by atoms with Crippen LogP contribution < -0.4 is 5.32 Å². The summed E-state index contributed by atoms with van der Waals surface area (Å²) < 4.78 is 4.62. The van der Waals surface area contributed by atoms with Crippen LogP contribution >= 0.6 is 0 Å². The molecule has 2 aromatic heterocycles. The van der Waals surface area contributed by atoms with Crippen LogP contribution in [-0.2, 0) is 17.6 Å². The van der Waals surface area contributed by atoms with Crippen LogP contribution in [0.2, 0.25) is 0 Å². The minimum atomic E-state index is -0.259. The van der Waals surface area contributed by atoms with Gasteiger partial charge in [-0.1, -0.05) is 16.4 Å². The monoisotopic (exact) mass is 316 g/mol. The Morgan fingerprint density at radius 2 is 2.26 bits per heavy atom. The molecule has 1 saturated carbocycles. The van der Waals surface area contributed by atoms with E-state index in [1.807, 2.05) is 18.2 Å². The number of aliphatic hydroxyl groups is 1. The zero-order valence-corrected chi connectivity index (χ0v) is 13.0. The molecule has 1 aliphatic carbocycles. The molecule has 1 amide bonds. The number of hydrogen-bond donors (Lipinski definition) is 2. The van der Waals surface area contributed by atoms with Crippen molar-refractivity contribution in [3.8, 4) is 0 Å². The van der Waals surface area contributed by atoms with E-state index in [9.17, 15) is 9.90 Å². The molecular weight excluding hydrogens is 296 g/mol. The Balaban J connectivity index is 1.63. The van der Waals surface area contributed by atoms with Gasteiger partial charge in [-0.05, 0) is 37.8 Å². The lowest BCUT2D eigenvalue weighted by molar-refractivity contribution is -0.122. The molecular formula is C16H20N4O3. The molecule has 0 saturated heterocycles. The fraction of sp³-hybridized carbons (Fsp3) is 0.500. The normalized spacial score (nSPS) is 21.5. The van der Waals surface area contributed by atoms with Crippen molar-refractivity contribution in [2.45, 2.75) is 44.8 Å². The summed E-state index contributed by atoms with van der Waals surface area (Å²) in [6.07, 6.45) is 3.70. The number of hydrogen-bond acceptors (Lipinski definition) is 6. The van der Waals surface area contributed by atoms with Gasteiger partial charge in [0.1, 0.15) is 11.4 Å². The van der Waals surface area contributed by atoms with Crippen molar-refractivity contribution < 1.29 is 14.5 Å². The fourth-order valence-electron chi connectivity index (χ4n) is 2.86. The smallest absolute Gasteiger partial charge is 0.226 e. The highest BCUT2D eigenvalue weighted by atomic mass is 16.6. The van der Waals surface area contributed by atoms with Crippen LogP contribution in [0.15, 0.2) is 29.0 Å². The maximum absolute atomic E-state index is 12.3. The zero-order valence-electron chi connectivity index (χ0n) is 13.0. The Morgan fingerprint density at radius 3 is 2.87 bits per heavy atom. The highest BCUT2D eigenvalue weighted by Gasteiger charge is 2.35. The highest BCUT2D eigenvalue weighted by Crippen LogP contribution is 2.31. The minimum absolute atomic E-state index is 0.0408. The van der Waals surface area contributed by atoms with Gasteiger partial charge in [-0.25, -0.2) is 4.63 Å². The van der Waals surface area contributed by atoms with Gasteiger partial charge >= 0.3 is 0 Å². The van der Waals surface area contributed by atoms with Crippen molar-refractivity contribution in [2.75, 3.05) is 0 Å². The number of amides is 1. The molecule has 0 spiro atoms. The number of carbonyl (C=O) groups is 1. The van der Waals surface area contributed by atoms with Gasteiger partial charge in [-0.3, -0.25) is 9.78 Å². The second kappa shape index (κ2) is 6.87. The van der Waals surface area contributed by atoms with Crippen LogP contribution in [0.1, 0.15) is 29.9 Å². The lowest BCUT2D eigenvalue weighted by Gasteiger charge is -2.38. The van der Waals surface area contributed by atoms with E-state index in [1.54, 1.807) is 13.1 Å². The summed E-state index contributed by atoms with van der Waals surface area (Å²) in [6.45, 7) is 1.76. The number of aryl methyl sites for hydroxylation is 1. The molecule has 7 heteroatoms. The van der Waals surface area contributed by atoms with Gasteiger partial charge in [-0.15, -0.1) is 0 Å². The van der Waals surface area contributed by atoms with Crippen molar-refractivity contribution in [3.05, 3.63) is 41.5 Å². The molecule has 0 aliphatic heterocycles. The lowest BCUT2D eigenvalue weighted by atomic mass is 9.76. The fourth-order valence-corrected chi connectivity index (χ4v) is 2.86. The Labute approximate surface area is 134 Å². The second-order valence-electron chi connectivity index (χ2n) is 6.06. The number of aliphatic hydroxyl groups excluding tert-OH is 1. The maximum Gasteiger partial charge on any atom is 0.226 e. The predicted molar refractivity (Wildman–Crippen MR) is 81.3 cm³/mol. The predicted octanol–water partition coefficient (Wildman–Crippen LogP) is 0.814. The van der Waals surface area contributed by atoms with Gasteiger partial charge in [0.15, 0.2) is 0 Å². The van der Waals surface area contributed by atoms with Gasteiger partial charge in [0.25, 0.3) is 0 Å². The molecule has 1 unspecified atom stereocenters. The number of nitrogens with zero attached hydrogens (tertiary/aromatic N) is 3. The Bertz CT molecular complexity index is 652. The molecule has 1 atom stereocenters. The van der Waals surface area contributed by atoms with Crippen LogP contribution in [-0.4, -0.2) is 38.5 Å². The first kappa shape index (κ1) is 15.6. The van der Waals surface area contributed by atoms with Crippen LogP contribution in [0.5, 0.6) is 0 Å². The summed E-state index contributed by atoms with van der Waals surface area (Å²) in [5.74, 6) is 0.151. The molecule has 2 N–H and O–H groups in total. The molecule has 0 bridgehead atoms. The second-order valence-corrected chi connectivity index (χ2v) is 6.06. The Kier molecular flexibility index (Phi) is 4.66. The van der Waals surface area contributed by atoms with Gasteiger partial charge in [0, 0.05) is 24.4 Å². The summed E-state index contributed by atoms with van der Waals surface area (Å²) >= 11 is 0. The largest absolute Gasteiger partial charge is 0.393 e. The first-order chi connectivity index (χ1) is 11.1. The molecule has 23 heavy (non-hydrogen) atoms. The number of pyridine rings is 1. The topological polar surface area (TPSA) is 101 Å². The van der Waals surface area contributed by atoms with E-state index in [4.69, 9.17) is 0 Å². The molecule has 0 radical (unpaired) electrons. The van der Waals surface area contributed by atoms with Crippen LogP contribution in [0.3, 0.4) is 0 Å². The van der Waals surface area contributed by atoms with Crippen molar-refractivity contribution in [1.82, 2.24) is 20.6 Å². The van der Waals surface area contributed by atoms with Gasteiger partial charge in [0.05, 0.1) is 12.5 Å². The number of nitrogens with one attached hydrogen (secondary N) is 1. The summed E-state index contributed by atoms with van der Waals surface area (Å²) in [4.78, 5) is 16.6. The van der Waals surface area contributed by atoms with E-state index in [2.05, 4.69) is 25.2 Å². The summed E-state index contributed by atoms with van der Waals surface area (Å²) in [6, 6.07) is 5.70. The van der Waals surface area contributed by atoms with Crippen LogP contribution in [0.4, 0.5) is 0 Å². The average molecular weight is 316 g/mol. The first-order valence-electron chi connectivity index (χ1n) is 7.77. The van der Waals surface area contributed by atoms with Crippen molar-refractivity contribution in [1.29, 1.82) is 0 Å². The number of aromatic nitrogens is 3. The molecule has 2 aromatic rings. The standard InChI is InChI=1S/C16H20N4O3/c1-10-14(20-23-19-10)9-16(22)18-15(11-6-13(21)7-11)8-12-4-2-3-5-17-12/h2-5,11,13,15,21H,6-9H2,1H3,(H,18,22). The molecule has 122 valence electrons. The van der Waals surface area contributed by atoms with Crippen molar-refractivity contribution in [3.63, 3.8) is 0 Å². The van der Waals surface area contributed by atoms with Crippen molar-refractivity contribution in [2.24, 2.45) is 5.92 Å². The third-order valence-corrected chi connectivity index (χ3v) is 4.29. The van der Waals surface area contributed by atoms with Crippen LogP contribution in [0.25, 0.3) is 0 Å². The van der Waals surface area contributed by atoms with E-state index < -0.39 is 0 Å².